The van der Waals surface area contributed by atoms with Crippen LogP contribution in [0.15, 0.2) is 12.4 Å². The Bertz CT molecular complexity index is 527. The van der Waals surface area contributed by atoms with E-state index in [9.17, 15) is 4.39 Å². The fourth-order valence-corrected chi connectivity index (χ4v) is 3.93. The van der Waals surface area contributed by atoms with E-state index in [1.54, 1.807) is 0 Å². The molecule has 4 heterocycles. The molecule has 0 N–H and O–H groups in total. The van der Waals surface area contributed by atoms with Gasteiger partial charge in [-0.2, -0.15) is 0 Å². The molecule has 0 unspecified atom stereocenters. The van der Waals surface area contributed by atoms with Crippen molar-refractivity contribution >= 4 is 5.95 Å². The van der Waals surface area contributed by atoms with Gasteiger partial charge in [-0.3, -0.25) is 4.90 Å². The lowest BCUT2D eigenvalue weighted by Crippen LogP contribution is -2.47. The summed E-state index contributed by atoms with van der Waals surface area (Å²) in [7, 11) is 0. The van der Waals surface area contributed by atoms with E-state index in [1.807, 2.05) is 0 Å². The Labute approximate surface area is 135 Å². The highest BCUT2D eigenvalue weighted by Gasteiger charge is 2.44. The van der Waals surface area contributed by atoms with Crippen LogP contribution < -0.4 is 4.90 Å². The molecule has 0 aromatic carbocycles. The molecular formula is C16H23FN4O2. The van der Waals surface area contributed by atoms with E-state index < -0.39 is 5.82 Å². The molecule has 1 aromatic heterocycles. The van der Waals surface area contributed by atoms with Crippen molar-refractivity contribution in [3.8, 4) is 0 Å². The Kier molecular flexibility index (Phi) is 4.17. The topological polar surface area (TPSA) is 50.7 Å². The van der Waals surface area contributed by atoms with Crippen molar-refractivity contribution in [3.63, 3.8) is 0 Å². The minimum absolute atomic E-state index is 0.000495. The van der Waals surface area contributed by atoms with Crippen LogP contribution in [0.25, 0.3) is 0 Å². The zero-order valence-corrected chi connectivity index (χ0v) is 13.3. The molecule has 1 atom stereocenters. The standard InChI is InChI=1S/C16H23FN4O2/c17-13-10-18-15(19-11-13)21-3-1-16(2-4-21)9-14(12-23-16)20-5-7-22-8-6-20/h10-11,14H,1-9,12H2/t14-/m0/s1. The van der Waals surface area contributed by atoms with E-state index in [4.69, 9.17) is 9.47 Å². The summed E-state index contributed by atoms with van der Waals surface area (Å²) in [5, 5.41) is 0. The van der Waals surface area contributed by atoms with Gasteiger partial charge in [-0.25, -0.2) is 14.4 Å². The van der Waals surface area contributed by atoms with Gasteiger partial charge in [-0.1, -0.05) is 0 Å². The number of morpholine rings is 1. The van der Waals surface area contributed by atoms with Crippen LogP contribution in [0.2, 0.25) is 0 Å². The molecule has 126 valence electrons. The second kappa shape index (κ2) is 6.30. The van der Waals surface area contributed by atoms with E-state index in [0.29, 0.717) is 12.0 Å². The summed E-state index contributed by atoms with van der Waals surface area (Å²) in [5.41, 5.74) is -0.000495. The number of piperidine rings is 1. The number of aromatic nitrogens is 2. The average Bonchev–Trinajstić information content (AvgIpc) is 3.01. The molecule has 0 amide bonds. The maximum Gasteiger partial charge on any atom is 0.225 e. The maximum atomic E-state index is 12.9. The smallest absolute Gasteiger partial charge is 0.225 e. The Morgan fingerprint density at radius 3 is 2.48 bits per heavy atom. The van der Waals surface area contributed by atoms with Crippen molar-refractivity contribution in [1.82, 2.24) is 14.9 Å². The molecule has 0 aliphatic carbocycles. The quantitative estimate of drug-likeness (QED) is 0.812. The molecule has 3 aliphatic rings. The lowest BCUT2D eigenvalue weighted by Gasteiger charge is -2.39. The van der Waals surface area contributed by atoms with Crippen LogP contribution in [-0.2, 0) is 9.47 Å². The van der Waals surface area contributed by atoms with Crippen molar-refractivity contribution in [2.24, 2.45) is 0 Å². The summed E-state index contributed by atoms with van der Waals surface area (Å²) in [6.07, 6.45) is 5.52. The van der Waals surface area contributed by atoms with Crippen LogP contribution in [-0.4, -0.2) is 72.5 Å². The molecule has 0 radical (unpaired) electrons. The summed E-state index contributed by atoms with van der Waals surface area (Å²) in [4.78, 5) is 12.8. The molecule has 1 spiro atoms. The van der Waals surface area contributed by atoms with Gasteiger partial charge in [0.15, 0.2) is 5.82 Å². The van der Waals surface area contributed by atoms with E-state index in [-0.39, 0.29) is 5.60 Å². The van der Waals surface area contributed by atoms with E-state index in [2.05, 4.69) is 19.8 Å². The normalized spacial score (nSPS) is 28.4. The third-order valence-corrected chi connectivity index (χ3v) is 5.32. The van der Waals surface area contributed by atoms with Crippen LogP contribution in [0.3, 0.4) is 0 Å². The van der Waals surface area contributed by atoms with Gasteiger partial charge in [0.05, 0.1) is 37.8 Å². The lowest BCUT2D eigenvalue weighted by atomic mass is 9.87. The van der Waals surface area contributed by atoms with E-state index in [1.165, 1.54) is 12.4 Å². The SMILES string of the molecule is Fc1cnc(N2CCC3(CC2)C[C@H](N2CCOCC2)CO3)nc1. The maximum absolute atomic E-state index is 12.9. The highest BCUT2D eigenvalue weighted by atomic mass is 19.1. The fourth-order valence-electron chi connectivity index (χ4n) is 3.93. The molecule has 4 rings (SSSR count). The summed E-state index contributed by atoms with van der Waals surface area (Å²) in [5.74, 6) is 0.221. The largest absolute Gasteiger partial charge is 0.379 e. The van der Waals surface area contributed by atoms with Crippen LogP contribution in [0.5, 0.6) is 0 Å². The molecule has 3 fully saturated rings. The van der Waals surface area contributed by atoms with Crippen molar-refractivity contribution in [2.75, 3.05) is 50.9 Å². The number of anilines is 1. The van der Waals surface area contributed by atoms with Crippen LogP contribution in [0.4, 0.5) is 10.3 Å². The van der Waals surface area contributed by atoms with Gasteiger partial charge in [0.25, 0.3) is 0 Å². The number of nitrogens with zero attached hydrogens (tertiary/aromatic N) is 4. The second-order valence-corrected chi connectivity index (χ2v) is 6.69. The predicted octanol–water partition coefficient (Wildman–Crippen LogP) is 1.08. The van der Waals surface area contributed by atoms with Crippen LogP contribution >= 0.6 is 0 Å². The Balaban J connectivity index is 1.35. The fraction of sp³-hybridized carbons (Fsp3) is 0.750. The number of hydrogen-bond acceptors (Lipinski definition) is 6. The van der Waals surface area contributed by atoms with Gasteiger partial charge >= 0.3 is 0 Å². The minimum atomic E-state index is -0.394. The zero-order valence-electron chi connectivity index (χ0n) is 13.3. The van der Waals surface area contributed by atoms with Gasteiger partial charge in [-0.15, -0.1) is 0 Å². The first-order chi connectivity index (χ1) is 11.2. The lowest BCUT2D eigenvalue weighted by molar-refractivity contribution is -0.0185. The average molecular weight is 322 g/mol. The zero-order chi connectivity index (χ0) is 15.7. The predicted molar refractivity (Wildman–Crippen MR) is 82.9 cm³/mol. The Morgan fingerprint density at radius 1 is 1.09 bits per heavy atom. The van der Waals surface area contributed by atoms with Crippen molar-refractivity contribution in [3.05, 3.63) is 18.2 Å². The Hall–Kier alpha value is -1.31. The van der Waals surface area contributed by atoms with E-state index in [0.717, 1.165) is 65.3 Å². The van der Waals surface area contributed by atoms with Crippen molar-refractivity contribution in [1.29, 1.82) is 0 Å². The number of rotatable bonds is 2. The number of ether oxygens (including phenoxy) is 2. The summed E-state index contributed by atoms with van der Waals surface area (Å²) >= 11 is 0. The van der Waals surface area contributed by atoms with Gasteiger partial charge < -0.3 is 14.4 Å². The monoisotopic (exact) mass is 322 g/mol. The molecule has 6 nitrogen and oxygen atoms in total. The number of hydrogen-bond donors (Lipinski definition) is 0. The van der Waals surface area contributed by atoms with Gasteiger partial charge in [0, 0.05) is 32.2 Å². The molecular weight excluding hydrogens is 299 g/mol. The van der Waals surface area contributed by atoms with Crippen LogP contribution in [0.1, 0.15) is 19.3 Å². The minimum Gasteiger partial charge on any atom is -0.379 e. The van der Waals surface area contributed by atoms with Gasteiger partial charge in [0.1, 0.15) is 0 Å². The molecule has 0 saturated carbocycles. The number of halogens is 1. The molecule has 1 aromatic rings. The first-order valence-corrected chi connectivity index (χ1v) is 8.42. The second-order valence-electron chi connectivity index (χ2n) is 6.69. The summed E-state index contributed by atoms with van der Waals surface area (Å²) in [6.45, 7) is 6.24. The molecule has 3 saturated heterocycles. The summed E-state index contributed by atoms with van der Waals surface area (Å²) < 4.78 is 24.6. The first-order valence-electron chi connectivity index (χ1n) is 8.42. The molecule has 23 heavy (non-hydrogen) atoms. The van der Waals surface area contributed by atoms with Crippen molar-refractivity contribution < 1.29 is 13.9 Å². The molecule has 0 bridgehead atoms. The third-order valence-electron chi connectivity index (χ3n) is 5.32. The van der Waals surface area contributed by atoms with Gasteiger partial charge in [-0.05, 0) is 19.3 Å². The van der Waals surface area contributed by atoms with Crippen molar-refractivity contribution in [2.45, 2.75) is 30.9 Å². The van der Waals surface area contributed by atoms with Gasteiger partial charge in [0.2, 0.25) is 5.95 Å². The summed E-state index contributed by atoms with van der Waals surface area (Å²) in [6, 6.07) is 0.521. The van der Waals surface area contributed by atoms with Crippen LogP contribution in [0, 0.1) is 5.82 Å². The van der Waals surface area contributed by atoms with E-state index >= 15 is 0 Å². The highest BCUT2D eigenvalue weighted by Crippen LogP contribution is 2.38. The Morgan fingerprint density at radius 2 is 1.78 bits per heavy atom. The first kappa shape index (κ1) is 15.2. The molecule has 3 aliphatic heterocycles. The molecule has 7 heteroatoms. The highest BCUT2D eigenvalue weighted by molar-refractivity contribution is 5.30. The third kappa shape index (κ3) is 3.18.